The highest BCUT2D eigenvalue weighted by Gasteiger charge is 2.37. The molecular formula is C25H22F4N8O2. The van der Waals surface area contributed by atoms with Gasteiger partial charge in [-0.15, -0.1) is 0 Å². The molecule has 1 atom stereocenters. The summed E-state index contributed by atoms with van der Waals surface area (Å²) in [5.41, 5.74) is 2.22. The number of benzene rings is 1. The Morgan fingerprint density at radius 1 is 1.26 bits per heavy atom. The molecule has 39 heavy (non-hydrogen) atoms. The van der Waals surface area contributed by atoms with Gasteiger partial charge in [0, 0.05) is 18.8 Å². The molecule has 0 aliphatic heterocycles. The first-order valence-corrected chi connectivity index (χ1v) is 11.8. The molecule has 4 aromatic rings. The van der Waals surface area contributed by atoms with E-state index in [9.17, 15) is 27.2 Å². The molecule has 0 saturated heterocycles. The second-order valence-corrected chi connectivity index (χ2v) is 8.72. The summed E-state index contributed by atoms with van der Waals surface area (Å²) in [5.74, 6) is -0.872. The van der Waals surface area contributed by atoms with Crippen molar-refractivity contribution in [3.05, 3.63) is 74.4 Å². The summed E-state index contributed by atoms with van der Waals surface area (Å²) in [6.45, 7) is 2.00. The molecule has 0 aliphatic rings. The van der Waals surface area contributed by atoms with Crippen LogP contribution >= 0.6 is 0 Å². The number of alkyl halides is 3. The number of nitrogens with zero attached hydrogens (tertiary/aromatic N) is 5. The summed E-state index contributed by atoms with van der Waals surface area (Å²) in [4.78, 5) is 32.7. The van der Waals surface area contributed by atoms with Gasteiger partial charge in [0.15, 0.2) is 5.82 Å². The molecule has 202 valence electrons. The molecule has 0 fully saturated rings. The number of aryl methyl sites for hydroxylation is 1. The zero-order valence-corrected chi connectivity index (χ0v) is 20.5. The number of anilines is 2. The lowest BCUT2D eigenvalue weighted by molar-refractivity contribution is -0.138. The Hall–Kier alpha value is -4.80. The van der Waals surface area contributed by atoms with Gasteiger partial charge in [-0.1, -0.05) is 6.92 Å². The molecular weight excluding hydrogens is 520 g/mol. The molecule has 10 nitrogen and oxygen atoms in total. The summed E-state index contributed by atoms with van der Waals surface area (Å²) in [7, 11) is 0. The quantitative estimate of drug-likeness (QED) is 0.284. The summed E-state index contributed by atoms with van der Waals surface area (Å²) < 4.78 is 56.3. The van der Waals surface area contributed by atoms with Crippen LogP contribution in [0, 0.1) is 17.1 Å². The Bertz CT molecular complexity index is 1690. The number of nitrogens with two attached hydrogens (primary N) is 1. The number of aromatic amines is 1. The van der Waals surface area contributed by atoms with Crippen molar-refractivity contribution in [3.8, 4) is 17.5 Å². The first kappa shape index (κ1) is 27.2. The van der Waals surface area contributed by atoms with Crippen LogP contribution in [0.25, 0.3) is 22.2 Å². The van der Waals surface area contributed by atoms with Crippen molar-refractivity contribution in [2.24, 2.45) is 0 Å². The number of hydrogen-bond acceptors (Lipinski definition) is 8. The fraction of sp³-hybridized carbons (Fsp3) is 0.280. The maximum Gasteiger partial charge on any atom is 0.423 e. The minimum absolute atomic E-state index is 0.0140. The smallest absolute Gasteiger partial charge is 0.382 e. The SMILES string of the molecule is CCC(CCCn1ccc2cc(-c3ncc(C#N)c(N)n3)c(F)cc2c1=O)Nc1cn[nH]c(=O)c1C(F)(F)F. The van der Waals surface area contributed by atoms with Crippen LogP contribution in [0.1, 0.15) is 37.3 Å². The Morgan fingerprint density at radius 2 is 2.03 bits per heavy atom. The highest BCUT2D eigenvalue weighted by molar-refractivity contribution is 5.86. The monoisotopic (exact) mass is 542 g/mol. The summed E-state index contributed by atoms with van der Waals surface area (Å²) in [5, 5.41) is 17.5. The third-order valence-corrected chi connectivity index (χ3v) is 6.19. The van der Waals surface area contributed by atoms with Gasteiger partial charge >= 0.3 is 6.18 Å². The number of rotatable bonds is 8. The summed E-state index contributed by atoms with van der Waals surface area (Å²) in [6, 6.07) is 5.53. The van der Waals surface area contributed by atoms with E-state index in [1.165, 1.54) is 23.0 Å². The molecule has 4 rings (SSSR count). The first-order valence-electron chi connectivity index (χ1n) is 11.8. The normalized spacial score (nSPS) is 12.3. The standard InChI is InChI=1S/C25H22F4N8O2/c1-2-15(34-19-12-33-36-23(38)20(19)25(27,28)29)4-3-6-37-7-5-13-8-17(18(26)9-16(13)24(37)39)22-32-11-14(10-30)21(31)35-22/h5,7-9,11-12,15H,2-4,6H2,1H3,(H2,31,32,35)(H2,34,36,38). The topological polar surface area (TPSA) is 155 Å². The fourth-order valence-electron chi connectivity index (χ4n) is 4.16. The van der Waals surface area contributed by atoms with Crippen LogP contribution < -0.4 is 22.2 Å². The van der Waals surface area contributed by atoms with Crippen LogP contribution in [0.2, 0.25) is 0 Å². The molecule has 3 aromatic heterocycles. The number of nitrogen functional groups attached to an aromatic ring is 1. The van der Waals surface area contributed by atoms with Gasteiger partial charge in [-0.2, -0.15) is 23.5 Å². The number of fused-ring (bicyclic) bond motifs is 1. The van der Waals surface area contributed by atoms with E-state index in [4.69, 9.17) is 11.0 Å². The molecule has 0 spiro atoms. The number of aromatic nitrogens is 5. The molecule has 0 aliphatic carbocycles. The van der Waals surface area contributed by atoms with Gasteiger partial charge in [-0.25, -0.2) is 19.5 Å². The van der Waals surface area contributed by atoms with Crippen molar-refractivity contribution < 1.29 is 17.6 Å². The zero-order valence-electron chi connectivity index (χ0n) is 20.5. The number of pyridine rings is 1. The minimum atomic E-state index is -4.86. The lowest BCUT2D eigenvalue weighted by Crippen LogP contribution is -2.28. The first-order chi connectivity index (χ1) is 18.5. The van der Waals surface area contributed by atoms with E-state index < -0.39 is 40.4 Å². The Morgan fingerprint density at radius 3 is 2.69 bits per heavy atom. The van der Waals surface area contributed by atoms with Crippen LogP contribution in [-0.4, -0.2) is 30.8 Å². The van der Waals surface area contributed by atoms with E-state index in [1.54, 1.807) is 18.1 Å². The molecule has 0 saturated carbocycles. The van der Waals surface area contributed by atoms with Crippen molar-refractivity contribution >= 4 is 22.3 Å². The van der Waals surface area contributed by atoms with E-state index >= 15 is 0 Å². The zero-order chi connectivity index (χ0) is 28.3. The summed E-state index contributed by atoms with van der Waals surface area (Å²) in [6.07, 6.45) is 0.0334. The molecule has 0 bridgehead atoms. The van der Waals surface area contributed by atoms with E-state index in [1.807, 2.05) is 6.07 Å². The van der Waals surface area contributed by atoms with Gasteiger partial charge in [0.05, 0.1) is 29.0 Å². The van der Waals surface area contributed by atoms with E-state index in [0.29, 0.717) is 24.6 Å². The van der Waals surface area contributed by atoms with Gasteiger partial charge in [-0.05, 0) is 42.8 Å². The van der Waals surface area contributed by atoms with Crippen LogP contribution in [0.4, 0.5) is 29.1 Å². The van der Waals surface area contributed by atoms with Crippen molar-refractivity contribution in [3.63, 3.8) is 0 Å². The number of nitrogens with one attached hydrogen (secondary N) is 2. The van der Waals surface area contributed by atoms with Gasteiger partial charge in [0.1, 0.15) is 28.8 Å². The van der Waals surface area contributed by atoms with Crippen LogP contribution in [0.5, 0.6) is 0 Å². The molecule has 1 unspecified atom stereocenters. The predicted octanol–water partition coefficient (Wildman–Crippen LogP) is 3.82. The van der Waals surface area contributed by atoms with Crippen LogP contribution in [0.15, 0.2) is 46.4 Å². The lowest BCUT2D eigenvalue weighted by atomic mass is 10.1. The minimum Gasteiger partial charge on any atom is -0.382 e. The molecule has 0 amide bonds. The van der Waals surface area contributed by atoms with Crippen LogP contribution in [-0.2, 0) is 12.7 Å². The van der Waals surface area contributed by atoms with Crippen molar-refractivity contribution in [1.29, 1.82) is 5.26 Å². The fourth-order valence-corrected chi connectivity index (χ4v) is 4.16. The highest BCUT2D eigenvalue weighted by Crippen LogP contribution is 2.32. The Balaban J connectivity index is 1.51. The van der Waals surface area contributed by atoms with Crippen LogP contribution in [0.3, 0.4) is 0 Å². The lowest BCUT2D eigenvalue weighted by Gasteiger charge is -2.20. The van der Waals surface area contributed by atoms with Crippen molar-refractivity contribution in [1.82, 2.24) is 24.7 Å². The molecule has 3 heterocycles. The number of nitriles is 1. The average molecular weight is 542 g/mol. The number of hydrogen-bond donors (Lipinski definition) is 3. The van der Waals surface area contributed by atoms with Gasteiger partial charge in [-0.3, -0.25) is 9.59 Å². The second-order valence-electron chi connectivity index (χ2n) is 8.72. The highest BCUT2D eigenvalue weighted by atomic mass is 19.4. The average Bonchev–Trinajstić information content (AvgIpc) is 2.88. The third kappa shape index (κ3) is 5.71. The van der Waals surface area contributed by atoms with Crippen molar-refractivity contribution in [2.45, 2.75) is 44.9 Å². The van der Waals surface area contributed by atoms with E-state index in [0.717, 1.165) is 12.3 Å². The largest absolute Gasteiger partial charge is 0.423 e. The van der Waals surface area contributed by atoms with E-state index in [2.05, 4.69) is 20.4 Å². The van der Waals surface area contributed by atoms with Crippen molar-refractivity contribution in [2.75, 3.05) is 11.1 Å². The summed E-state index contributed by atoms with van der Waals surface area (Å²) >= 11 is 0. The van der Waals surface area contributed by atoms with Gasteiger partial charge < -0.3 is 15.6 Å². The van der Waals surface area contributed by atoms with Gasteiger partial charge in [0.2, 0.25) is 0 Å². The number of halogens is 4. The molecule has 4 N–H and O–H groups in total. The molecule has 14 heteroatoms. The predicted molar refractivity (Wildman–Crippen MR) is 135 cm³/mol. The molecule has 0 radical (unpaired) electrons. The number of H-pyrrole nitrogens is 1. The third-order valence-electron chi connectivity index (χ3n) is 6.19. The van der Waals surface area contributed by atoms with Gasteiger partial charge in [0.25, 0.3) is 11.1 Å². The second kappa shape index (κ2) is 10.9. The Labute approximate surface area is 218 Å². The maximum atomic E-state index is 14.9. The maximum absolute atomic E-state index is 14.9. The van der Waals surface area contributed by atoms with E-state index in [-0.39, 0.29) is 34.7 Å². The molecule has 1 aromatic carbocycles. The Kier molecular flexibility index (Phi) is 7.61.